The maximum atomic E-state index is 12.4. The molecule has 29 heavy (non-hydrogen) atoms. The van der Waals surface area contributed by atoms with Gasteiger partial charge in [-0.15, -0.1) is 0 Å². The summed E-state index contributed by atoms with van der Waals surface area (Å²) in [6, 6.07) is 13.2. The molecule has 0 saturated carbocycles. The Kier molecular flexibility index (Phi) is 6.13. The number of allylic oxidation sites excluding steroid dienone is 1. The zero-order valence-corrected chi connectivity index (χ0v) is 17.0. The first kappa shape index (κ1) is 20.3. The normalized spacial score (nSPS) is 15.8. The summed E-state index contributed by atoms with van der Waals surface area (Å²) in [5.74, 6) is -0.362. The van der Waals surface area contributed by atoms with Crippen molar-refractivity contribution in [2.45, 2.75) is 13.0 Å². The fraction of sp³-hybridized carbons (Fsp3) is 0.190. The molecular formula is C21H20N2O5S. The second-order valence-corrected chi connectivity index (χ2v) is 6.64. The van der Waals surface area contributed by atoms with Crippen LogP contribution in [0, 0.1) is 0 Å². The Morgan fingerprint density at radius 2 is 1.72 bits per heavy atom. The van der Waals surface area contributed by atoms with E-state index in [1.54, 1.807) is 49.4 Å². The van der Waals surface area contributed by atoms with Gasteiger partial charge in [0.15, 0.2) is 16.6 Å². The first-order valence-corrected chi connectivity index (χ1v) is 9.17. The molecule has 0 bridgehead atoms. The van der Waals surface area contributed by atoms with Gasteiger partial charge in [-0.2, -0.15) is 0 Å². The summed E-state index contributed by atoms with van der Waals surface area (Å²) >= 11 is 5.22. The monoisotopic (exact) mass is 412 g/mol. The predicted octanol–water partition coefficient (Wildman–Crippen LogP) is 2.88. The van der Waals surface area contributed by atoms with Crippen LogP contribution in [0.5, 0.6) is 11.5 Å². The number of hydrogen-bond donors (Lipinski definition) is 2. The third kappa shape index (κ3) is 4.38. The molecule has 2 aromatic rings. The largest absolute Gasteiger partial charge is 0.493 e. The third-order valence-electron chi connectivity index (χ3n) is 4.41. The topological polar surface area (TPSA) is 85.9 Å². The minimum absolute atomic E-state index is 0.266. The standard InChI is InChI=1S/C21H20N2O5S/c1-12-17(20(25)27-3)18(23-21(29)22-12)14-9-10-15(16(11-14)26-2)28-19(24)13-7-5-4-6-8-13/h4-11,18H,1-3H3,(H2,22,23,29). The van der Waals surface area contributed by atoms with Crippen molar-refractivity contribution in [3.63, 3.8) is 0 Å². The van der Waals surface area contributed by atoms with Crippen molar-refractivity contribution >= 4 is 29.3 Å². The van der Waals surface area contributed by atoms with Crippen LogP contribution in [0.4, 0.5) is 0 Å². The van der Waals surface area contributed by atoms with E-state index < -0.39 is 18.0 Å². The molecule has 1 heterocycles. The van der Waals surface area contributed by atoms with Crippen molar-refractivity contribution in [1.29, 1.82) is 0 Å². The zero-order chi connectivity index (χ0) is 21.0. The summed E-state index contributed by atoms with van der Waals surface area (Å²) in [5.41, 5.74) is 2.13. The van der Waals surface area contributed by atoms with Crippen LogP contribution in [-0.4, -0.2) is 31.3 Å². The second kappa shape index (κ2) is 8.74. The minimum atomic E-state index is -0.538. The molecule has 1 atom stereocenters. The molecule has 0 spiro atoms. The van der Waals surface area contributed by atoms with Crippen molar-refractivity contribution < 1.29 is 23.8 Å². The molecule has 0 fully saturated rings. The Balaban J connectivity index is 1.93. The number of nitrogens with one attached hydrogen (secondary N) is 2. The molecule has 2 aromatic carbocycles. The highest BCUT2D eigenvalue weighted by molar-refractivity contribution is 7.80. The van der Waals surface area contributed by atoms with Gasteiger partial charge >= 0.3 is 11.9 Å². The molecule has 0 aromatic heterocycles. The van der Waals surface area contributed by atoms with Crippen molar-refractivity contribution in [1.82, 2.24) is 10.6 Å². The maximum Gasteiger partial charge on any atom is 0.343 e. The molecule has 1 aliphatic rings. The van der Waals surface area contributed by atoms with E-state index in [4.69, 9.17) is 26.4 Å². The summed E-state index contributed by atoms with van der Waals surface area (Å²) in [6.07, 6.45) is 0. The Morgan fingerprint density at radius 1 is 1.00 bits per heavy atom. The smallest absolute Gasteiger partial charge is 0.343 e. The van der Waals surface area contributed by atoms with Crippen molar-refractivity contribution in [3.05, 3.63) is 70.9 Å². The first-order chi connectivity index (χ1) is 13.9. The number of ether oxygens (including phenoxy) is 3. The van der Waals surface area contributed by atoms with Gasteiger partial charge < -0.3 is 24.8 Å². The zero-order valence-electron chi connectivity index (χ0n) is 16.1. The third-order valence-corrected chi connectivity index (χ3v) is 4.63. The Hall–Kier alpha value is -3.39. The van der Waals surface area contributed by atoms with Gasteiger partial charge in [-0.3, -0.25) is 0 Å². The molecular weight excluding hydrogens is 392 g/mol. The van der Waals surface area contributed by atoms with Crippen LogP contribution in [0.3, 0.4) is 0 Å². The van der Waals surface area contributed by atoms with Gasteiger partial charge in [0.25, 0.3) is 0 Å². The van der Waals surface area contributed by atoms with E-state index >= 15 is 0 Å². The summed E-state index contributed by atoms with van der Waals surface area (Å²) in [4.78, 5) is 24.6. The lowest BCUT2D eigenvalue weighted by Gasteiger charge is -2.29. The molecule has 1 aliphatic heterocycles. The van der Waals surface area contributed by atoms with Gasteiger partial charge in [0.05, 0.1) is 31.4 Å². The minimum Gasteiger partial charge on any atom is -0.493 e. The van der Waals surface area contributed by atoms with Crippen molar-refractivity contribution in [2.75, 3.05) is 14.2 Å². The maximum absolute atomic E-state index is 12.4. The SMILES string of the molecule is COC(=O)C1=C(C)NC(=S)NC1c1ccc(OC(=O)c2ccccc2)c(OC)c1. The fourth-order valence-corrected chi connectivity index (χ4v) is 3.28. The molecule has 0 radical (unpaired) electrons. The van der Waals surface area contributed by atoms with Crippen LogP contribution in [0.2, 0.25) is 0 Å². The van der Waals surface area contributed by atoms with Crippen LogP contribution >= 0.6 is 12.2 Å². The Labute approximate surface area is 173 Å². The average molecular weight is 412 g/mol. The van der Waals surface area contributed by atoms with E-state index in [0.717, 1.165) is 0 Å². The van der Waals surface area contributed by atoms with Gasteiger partial charge in [-0.25, -0.2) is 9.59 Å². The summed E-state index contributed by atoms with van der Waals surface area (Å²) in [7, 11) is 2.79. The van der Waals surface area contributed by atoms with Crippen molar-refractivity contribution in [3.8, 4) is 11.5 Å². The number of esters is 2. The highest BCUT2D eigenvalue weighted by Gasteiger charge is 2.31. The number of hydrogen-bond acceptors (Lipinski definition) is 6. The summed E-state index contributed by atoms with van der Waals surface area (Å²) in [5, 5.41) is 6.38. The summed E-state index contributed by atoms with van der Waals surface area (Å²) < 4.78 is 15.8. The Morgan fingerprint density at radius 3 is 2.38 bits per heavy atom. The van der Waals surface area contributed by atoms with Crippen LogP contribution in [0.25, 0.3) is 0 Å². The van der Waals surface area contributed by atoms with Gasteiger partial charge in [0, 0.05) is 5.70 Å². The average Bonchev–Trinajstić information content (AvgIpc) is 2.73. The molecule has 0 amide bonds. The first-order valence-electron chi connectivity index (χ1n) is 8.76. The number of methoxy groups -OCH3 is 2. The molecule has 8 heteroatoms. The van der Waals surface area contributed by atoms with Crippen LogP contribution in [0.15, 0.2) is 59.8 Å². The van der Waals surface area contributed by atoms with Gasteiger partial charge in [-0.05, 0) is 49.0 Å². The highest BCUT2D eigenvalue weighted by atomic mass is 32.1. The quantitative estimate of drug-likeness (QED) is 0.441. The number of thiocarbonyl (C=S) groups is 1. The highest BCUT2D eigenvalue weighted by Crippen LogP contribution is 2.34. The van der Waals surface area contributed by atoms with E-state index in [0.29, 0.717) is 33.3 Å². The lowest BCUT2D eigenvalue weighted by atomic mass is 9.95. The van der Waals surface area contributed by atoms with Gasteiger partial charge in [0.1, 0.15) is 0 Å². The number of benzene rings is 2. The van der Waals surface area contributed by atoms with E-state index in [1.165, 1.54) is 14.2 Å². The molecule has 0 aliphatic carbocycles. The second-order valence-electron chi connectivity index (χ2n) is 6.23. The molecule has 150 valence electrons. The fourth-order valence-electron chi connectivity index (χ4n) is 3.01. The lowest BCUT2D eigenvalue weighted by Crippen LogP contribution is -2.45. The Bertz CT molecular complexity index is 988. The molecule has 3 rings (SSSR count). The van der Waals surface area contributed by atoms with E-state index in [1.807, 2.05) is 6.07 Å². The predicted molar refractivity (Wildman–Crippen MR) is 111 cm³/mol. The number of rotatable bonds is 5. The van der Waals surface area contributed by atoms with Crippen molar-refractivity contribution in [2.24, 2.45) is 0 Å². The van der Waals surface area contributed by atoms with Crippen LogP contribution in [-0.2, 0) is 9.53 Å². The summed E-state index contributed by atoms with van der Waals surface area (Å²) in [6.45, 7) is 1.75. The van der Waals surface area contributed by atoms with E-state index in [9.17, 15) is 9.59 Å². The van der Waals surface area contributed by atoms with E-state index in [2.05, 4.69) is 10.6 Å². The number of carbonyl (C=O) groups excluding carboxylic acids is 2. The van der Waals surface area contributed by atoms with E-state index in [-0.39, 0.29) is 5.75 Å². The molecule has 0 saturated heterocycles. The van der Waals surface area contributed by atoms with Gasteiger partial charge in [0.2, 0.25) is 0 Å². The lowest BCUT2D eigenvalue weighted by molar-refractivity contribution is -0.136. The molecule has 1 unspecified atom stereocenters. The molecule has 2 N–H and O–H groups in total. The van der Waals surface area contributed by atoms with Crippen LogP contribution in [0.1, 0.15) is 28.9 Å². The molecule has 7 nitrogen and oxygen atoms in total. The van der Waals surface area contributed by atoms with Gasteiger partial charge in [-0.1, -0.05) is 24.3 Å². The van der Waals surface area contributed by atoms with Crippen LogP contribution < -0.4 is 20.1 Å². The number of carbonyl (C=O) groups is 2.